The molecule has 108 valence electrons. The number of carbonyl (C=O) groups excluding carboxylic acids is 2. The summed E-state index contributed by atoms with van der Waals surface area (Å²) < 4.78 is 10.0. The quantitative estimate of drug-likeness (QED) is 0.487. The van der Waals surface area contributed by atoms with E-state index in [1.165, 1.54) is 0 Å². The first-order valence-corrected chi connectivity index (χ1v) is 7.10. The van der Waals surface area contributed by atoms with Gasteiger partial charge in [0, 0.05) is 23.8 Å². The lowest BCUT2D eigenvalue weighted by molar-refractivity contribution is -0.137. The van der Waals surface area contributed by atoms with Crippen molar-refractivity contribution in [1.29, 1.82) is 0 Å². The first-order chi connectivity index (χ1) is 9.63. The zero-order valence-electron chi connectivity index (χ0n) is 11.4. The van der Waals surface area contributed by atoms with Gasteiger partial charge < -0.3 is 9.47 Å². The summed E-state index contributed by atoms with van der Waals surface area (Å²) in [6.07, 6.45) is 1.84. The highest BCUT2D eigenvalue weighted by molar-refractivity contribution is 6.41. The molecular weight excluding hydrogens is 280 g/mol. The number of Topliss-reactive ketones (excluding diaryl/α,β-unsaturated/α-hetero) is 1. The molecule has 2 rings (SSSR count). The minimum absolute atomic E-state index is 0.179. The first kappa shape index (κ1) is 15.0. The van der Waals surface area contributed by atoms with E-state index in [9.17, 15) is 9.59 Å². The van der Waals surface area contributed by atoms with Gasteiger partial charge in [-0.3, -0.25) is 4.79 Å². The van der Waals surface area contributed by atoms with Gasteiger partial charge in [0.05, 0.1) is 6.61 Å². The maximum absolute atomic E-state index is 11.8. The van der Waals surface area contributed by atoms with Crippen LogP contribution >= 0.6 is 11.6 Å². The van der Waals surface area contributed by atoms with Crippen LogP contribution in [0.15, 0.2) is 18.2 Å². The van der Waals surface area contributed by atoms with Gasteiger partial charge >= 0.3 is 5.97 Å². The average Bonchev–Trinajstić information content (AvgIpc) is 2.47. The molecule has 0 atom stereocenters. The molecule has 0 bridgehead atoms. The Kier molecular flexibility index (Phi) is 5.15. The van der Waals surface area contributed by atoms with Crippen molar-refractivity contribution in [2.24, 2.45) is 0 Å². The number of hydrogen-bond donors (Lipinski definition) is 0. The van der Waals surface area contributed by atoms with Crippen LogP contribution in [0.5, 0.6) is 0 Å². The van der Waals surface area contributed by atoms with E-state index in [-0.39, 0.29) is 12.2 Å². The number of benzene rings is 1. The molecule has 0 radical (unpaired) electrons. The maximum Gasteiger partial charge on any atom is 0.379 e. The van der Waals surface area contributed by atoms with Crippen LogP contribution in [0.2, 0.25) is 5.02 Å². The molecule has 5 heteroatoms. The molecule has 1 saturated heterocycles. The Bertz CT molecular complexity index is 507. The van der Waals surface area contributed by atoms with Crippen molar-refractivity contribution in [3.8, 4) is 0 Å². The summed E-state index contributed by atoms with van der Waals surface area (Å²) in [7, 11) is 0. The Balaban J connectivity index is 2.16. The van der Waals surface area contributed by atoms with E-state index >= 15 is 0 Å². The second-order valence-corrected chi connectivity index (χ2v) is 5.08. The fraction of sp³-hybridized carbons (Fsp3) is 0.467. The lowest BCUT2D eigenvalue weighted by Gasteiger charge is -2.23. The molecule has 0 aromatic heterocycles. The standard InChI is InChI=1S/C15H17ClO4/c1-2-20-15(18)14(17)11-3-4-12(13(16)9-11)10-5-7-19-8-6-10/h3-4,9-10H,2,5-8H2,1H3. The summed E-state index contributed by atoms with van der Waals surface area (Å²) in [5.41, 5.74) is 1.28. The maximum atomic E-state index is 11.8. The topological polar surface area (TPSA) is 52.6 Å². The number of halogens is 1. The molecule has 0 unspecified atom stereocenters. The van der Waals surface area contributed by atoms with Crippen LogP contribution in [0.4, 0.5) is 0 Å². The summed E-state index contributed by atoms with van der Waals surface area (Å²) in [5.74, 6) is -1.15. The largest absolute Gasteiger partial charge is 0.460 e. The van der Waals surface area contributed by atoms with Gasteiger partial charge in [-0.25, -0.2) is 4.79 Å². The normalized spacial score (nSPS) is 15.9. The summed E-state index contributed by atoms with van der Waals surface area (Å²) in [6, 6.07) is 5.01. The molecule has 1 fully saturated rings. The van der Waals surface area contributed by atoms with Crippen molar-refractivity contribution in [3.63, 3.8) is 0 Å². The fourth-order valence-corrected chi connectivity index (χ4v) is 2.66. The molecule has 0 N–H and O–H groups in total. The van der Waals surface area contributed by atoms with Crippen molar-refractivity contribution >= 4 is 23.4 Å². The van der Waals surface area contributed by atoms with Crippen molar-refractivity contribution < 1.29 is 19.1 Å². The Hall–Kier alpha value is -1.39. The molecule has 1 aromatic carbocycles. The van der Waals surface area contributed by atoms with E-state index in [4.69, 9.17) is 21.1 Å². The number of carbonyl (C=O) groups is 2. The lowest BCUT2D eigenvalue weighted by Crippen LogP contribution is -2.18. The minimum atomic E-state index is -0.845. The molecule has 20 heavy (non-hydrogen) atoms. The Morgan fingerprint density at radius 2 is 2.05 bits per heavy atom. The Labute approximate surface area is 123 Å². The fourth-order valence-electron chi connectivity index (χ4n) is 2.32. The molecule has 0 aliphatic carbocycles. The monoisotopic (exact) mass is 296 g/mol. The first-order valence-electron chi connectivity index (χ1n) is 6.72. The van der Waals surface area contributed by atoms with Crippen LogP contribution < -0.4 is 0 Å². The number of ketones is 1. The van der Waals surface area contributed by atoms with E-state index in [2.05, 4.69) is 0 Å². The van der Waals surface area contributed by atoms with Crippen LogP contribution in [0, 0.1) is 0 Å². The van der Waals surface area contributed by atoms with Gasteiger partial charge in [-0.2, -0.15) is 0 Å². The van der Waals surface area contributed by atoms with Gasteiger partial charge in [0.1, 0.15) is 0 Å². The van der Waals surface area contributed by atoms with Crippen LogP contribution in [0.1, 0.15) is 41.6 Å². The number of rotatable bonds is 4. The van der Waals surface area contributed by atoms with Crippen molar-refractivity contribution in [2.75, 3.05) is 19.8 Å². The summed E-state index contributed by atoms with van der Waals surface area (Å²) in [4.78, 5) is 23.2. The summed E-state index contributed by atoms with van der Waals surface area (Å²) in [5, 5.41) is 0.520. The zero-order valence-corrected chi connectivity index (χ0v) is 12.1. The molecule has 0 saturated carbocycles. The smallest absolute Gasteiger partial charge is 0.379 e. The molecule has 0 amide bonds. The van der Waals surface area contributed by atoms with Gasteiger partial charge in [-0.15, -0.1) is 0 Å². The second kappa shape index (κ2) is 6.86. The van der Waals surface area contributed by atoms with E-state index in [0.29, 0.717) is 10.9 Å². The van der Waals surface area contributed by atoms with Crippen LogP contribution in [-0.2, 0) is 14.3 Å². The third-order valence-electron chi connectivity index (χ3n) is 3.38. The van der Waals surface area contributed by atoms with E-state index in [1.54, 1.807) is 19.1 Å². The summed E-state index contributed by atoms with van der Waals surface area (Å²) >= 11 is 6.24. The van der Waals surface area contributed by atoms with Gasteiger partial charge in [-0.1, -0.05) is 23.7 Å². The predicted octanol–water partition coefficient (Wildman–Crippen LogP) is 2.98. The molecule has 1 aliphatic heterocycles. The zero-order chi connectivity index (χ0) is 14.5. The highest BCUT2D eigenvalue weighted by Crippen LogP contribution is 2.32. The average molecular weight is 297 g/mol. The number of esters is 1. The molecule has 1 aliphatic rings. The molecular formula is C15H17ClO4. The van der Waals surface area contributed by atoms with Crippen molar-refractivity contribution in [3.05, 3.63) is 34.3 Å². The van der Waals surface area contributed by atoms with Gasteiger partial charge in [0.15, 0.2) is 0 Å². The van der Waals surface area contributed by atoms with Crippen LogP contribution in [0.25, 0.3) is 0 Å². The molecule has 0 spiro atoms. The van der Waals surface area contributed by atoms with Crippen molar-refractivity contribution in [2.45, 2.75) is 25.7 Å². The molecule has 1 aromatic rings. The summed E-state index contributed by atoms with van der Waals surface area (Å²) in [6.45, 7) is 3.29. The van der Waals surface area contributed by atoms with Crippen LogP contribution in [0.3, 0.4) is 0 Å². The lowest BCUT2D eigenvalue weighted by atomic mass is 9.91. The molecule has 1 heterocycles. The van der Waals surface area contributed by atoms with Crippen molar-refractivity contribution in [1.82, 2.24) is 0 Å². The number of ether oxygens (including phenoxy) is 2. The molecule has 4 nitrogen and oxygen atoms in total. The third kappa shape index (κ3) is 3.38. The Morgan fingerprint density at radius 3 is 2.65 bits per heavy atom. The third-order valence-corrected chi connectivity index (χ3v) is 3.71. The van der Waals surface area contributed by atoms with E-state index < -0.39 is 11.8 Å². The van der Waals surface area contributed by atoms with Gasteiger partial charge in [0.2, 0.25) is 0 Å². The highest BCUT2D eigenvalue weighted by Gasteiger charge is 2.22. The van der Waals surface area contributed by atoms with E-state index in [1.807, 2.05) is 6.07 Å². The second-order valence-electron chi connectivity index (χ2n) is 4.67. The highest BCUT2D eigenvalue weighted by atomic mass is 35.5. The van der Waals surface area contributed by atoms with Gasteiger partial charge in [0.25, 0.3) is 5.78 Å². The van der Waals surface area contributed by atoms with Gasteiger partial charge in [-0.05, 0) is 37.3 Å². The minimum Gasteiger partial charge on any atom is -0.460 e. The van der Waals surface area contributed by atoms with E-state index in [0.717, 1.165) is 31.6 Å². The SMILES string of the molecule is CCOC(=O)C(=O)c1ccc(C2CCOCC2)c(Cl)c1. The van der Waals surface area contributed by atoms with Crippen LogP contribution in [-0.4, -0.2) is 31.6 Å². The number of hydrogen-bond acceptors (Lipinski definition) is 4. The predicted molar refractivity (Wildman–Crippen MR) is 75.2 cm³/mol. The Morgan fingerprint density at radius 1 is 1.35 bits per heavy atom.